The van der Waals surface area contributed by atoms with E-state index in [2.05, 4.69) is 0 Å². The van der Waals surface area contributed by atoms with Crippen molar-refractivity contribution in [3.63, 3.8) is 0 Å². The van der Waals surface area contributed by atoms with Crippen molar-refractivity contribution < 1.29 is 21.9 Å². The highest BCUT2D eigenvalue weighted by molar-refractivity contribution is 7.89. The summed E-state index contributed by atoms with van der Waals surface area (Å²) in [5.74, 6) is -0.602. The van der Waals surface area contributed by atoms with Gasteiger partial charge < -0.3 is 9.64 Å². The second kappa shape index (κ2) is 8.41. The quantitative estimate of drug-likeness (QED) is 0.726. The molecule has 0 unspecified atom stereocenters. The number of benzene rings is 2. The lowest BCUT2D eigenvalue weighted by molar-refractivity contribution is 0.330. The highest BCUT2D eigenvalue weighted by Crippen LogP contribution is 2.24. The van der Waals surface area contributed by atoms with E-state index < -0.39 is 15.8 Å². The topological polar surface area (TPSA) is 49.9 Å². The summed E-state index contributed by atoms with van der Waals surface area (Å²) < 4.78 is 57.9. The Morgan fingerprint density at radius 2 is 1.67 bits per heavy atom. The predicted octanol–water partition coefficient (Wildman–Crippen LogP) is 3.15. The Bertz CT molecular complexity index is 886. The van der Waals surface area contributed by atoms with Gasteiger partial charge in [0.15, 0.2) is 0 Å². The van der Waals surface area contributed by atoms with E-state index in [1.807, 2.05) is 4.90 Å². The summed E-state index contributed by atoms with van der Waals surface area (Å²) in [5, 5.41) is 0.0421. The van der Waals surface area contributed by atoms with Crippen molar-refractivity contribution in [2.24, 2.45) is 0 Å². The molecule has 1 aliphatic heterocycles. The van der Waals surface area contributed by atoms with Crippen LogP contribution in [0.25, 0.3) is 0 Å². The zero-order chi connectivity index (χ0) is 19.4. The van der Waals surface area contributed by atoms with Gasteiger partial charge in [0.05, 0.1) is 10.8 Å². The molecule has 0 aromatic heterocycles. The molecule has 0 amide bonds. The van der Waals surface area contributed by atoms with Gasteiger partial charge in [-0.05, 0) is 42.5 Å². The average Bonchev–Trinajstić information content (AvgIpc) is 2.66. The van der Waals surface area contributed by atoms with Crippen molar-refractivity contribution in [3.8, 4) is 5.75 Å². The molecule has 9 heteroatoms. The normalized spacial score (nSPS) is 15.7. The lowest BCUT2D eigenvalue weighted by atomic mass is 10.2. The molecule has 0 spiro atoms. The molecule has 146 valence electrons. The Morgan fingerprint density at radius 1 is 1.00 bits per heavy atom. The summed E-state index contributed by atoms with van der Waals surface area (Å²) in [5.41, 5.74) is 0.762. The van der Waals surface area contributed by atoms with Gasteiger partial charge in [-0.15, -0.1) is 0 Å². The van der Waals surface area contributed by atoms with Crippen LogP contribution >= 0.6 is 11.6 Å². The Labute approximate surface area is 162 Å². The minimum Gasteiger partial charge on any atom is -0.492 e. The van der Waals surface area contributed by atoms with E-state index >= 15 is 0 Å². The summed E-state index contributed by atoms with van der Waals surface area (Å²) in [4.78, 5) is 1.96. The van der Waals surface area contributed by atoms with Gasteiger partial charge >= 0.3 is 0 Å². The van der Waals surface area contributed by atoms with Crippen LogP contribution in [0.15, 0.2) is 42.5 Å². The third kappa shape index (κ3) is 5.09. The van der Waals surface area contributed by atoms with Crippen molar-refractivity contribution in [2.75, 3.05) is 43.4 Å². The summed E-state index contributed by atoms with van der Waals surface area (Å²) in [6.45, 7) is 1.61. The van der Waals surface area contributed by atoms with Gasteiger partial charge in [0.2, 0.25) is 10.0 Å². The summed E-state index contributed by atoms with van der Waals surface area (Å²) in [7, 11) is -3.46. The van der Waals surface area contributed by atoms with Crippen LogP contribution in [0, 0.1) is 11.6 Å². The number of hydrogen-bond donors (Lipinski definition) is 0. The SMILES string of the molecule is O=S(=O)(CCOc1ccc(F)cc1)N1CCN(c2ccc(F)c(Cl)c2)CC1. The van der Waals surface area contributed by atoms with Crippen molar-refractivity contribution in [2.45, 2.75) is 0 Å². The smallest absolute Gasteiger partial charge is 0.217 e. The van der Waals surface area contributed by atoms with Crippen LogP contribution in [0.5, 0.6) is 5.75 Å². The Balaban J connectivity index is 1.51. The van der Waals surface area contributed by atoms with Gasteiger partial charge in [-0.3, -0.25) is 0 Å². The Kier molecular flexibility index (Phi) is 6.18. The van der Waals surface area contributed by atoms with Crippen LogP contribution in [0.1, 0.15) is 0 Å². The van der Waals surface area contributed by atoms with Gasteiger partial charge in [-0.1, -0.05) is 11.6 Å². The number of anilines is 1. The fourth-order valence-corrected chi connectivity index (χ4v) is 4.28. The zero-order valence-corrected chi connectivity index (χ0v) is 16.0. The second-order valence-corrected chi connectivity index (χ2v) is 8.60. The highest BCUT2D eigenvalue weighted by Gasteiger charge is 2.27. The molecule has 5 nitrogen and oxygen atoms in total. The molecular weight excluding hydrogens is 398 g/mol. The molecule has 0 radical (unpaired) electrons. The molecule has 1 saturated heterocycles. The molecule has 1 fully saturated rings. The Hall–Kier alpha value is -1.90. The van der Waals surface area contributed by atoms with Gasteiger partial charge in [0, 0.05) is 31.9 Å². The first-order valence-electron chi connectivity index (χ1n) is 8.41. The van der Waals surface area contributed by atoms with Crippen molar-refractivity contribution in [1.82, 2.24) is 4.31 Å². The zero-order valence-electron chi connectivity index (χ0n) is 14.4. The first-order valence-corrected chi connectivity index (χ1v) is 10.4. The number of rotatable bonds is 6. The fourth-order valence-electron chi connectivity index (χ4n) is 2.83. The summed E-state index contributed by atoms with van der Waals surface area (Å²) >= 11 is 5.81. The van der Waals surface area contributed by atoms with E-state index in [0.29, 0.717) is 31.9 Å². The monoisotopic (exact) mass is 416 g/mol. The van der Waals surface area contributed by atoms with Crippen molar-refractivity contribution in [3.05, 3.63) is 59.1 Å². The van der Waals surface area contributed by atoms with E-state index in [-0.39, 0.29) is 23.2 Å². The van der Waals surface area contributed by atoms with E-state index in [9.17, 15) is 17.2 Å². The third-order valence-corrected chi connectivity index (χ3v) is 6.45. The van der Waals surface area contributed by atoms with E-state index in [4.69, 9.17) is 16.3 Å². The lowest BCUT2D eigenvalue weighted by Crippen LogP contribution is -2.49. The summed E-state index contributed by atoms with van der Waals surface area (Å²) in [6.07, 6.45) is 0. The molecule has 0 atom stereocenters. The highest BCUT2D eigenvalue weighted by atomic mass is 35.5. The number of ether oxygens (including phenoxy) is 1. The second-order valence-electron chi connectivity index (χ2n) is 6.10. The van der Waals surface area contributed by atoms with Crippen molar-refractivity contribution in [1.29, 1.82) is 0 Å². The molecule has 0 N–H and O–H groups in total. The summed E-state index contributed by atoms with van der Waals surface area (Å²) in [6, 6.07) is 9.88. The number of sulfonamides is 1. The molecule has 27 heavy (non-hydrogen) atoms. The maximum Gasteiger partial charge on any atom is 0.217 e. The van der Waals surface area contributed by atoms with Crippen LogP contribution in [0.2, 0.25) is 5.02 Å². The minimum absolute atomic E-state index is 0.0122. The lowest BCUT2D eigenvalue weighted by Gasteiger charge is -2.35. The van der Waals surface area contributed by atoms with Gasteiger partial charge in [0.1, 0.15) is 24.0 Å². The van der Waals surface area contributed by atoms with Gasteiger partial charge in [0.25, 0.3) is 0 Å². The molecule has 1 heterocycles. The maximum absolute atomic E-state index is 13.3. The number of nitrogens with zero attached hydrogens (tertiary/aromatic N) is 2. The molecular formula is C18H19ClF2N2O3S. The number of halogens is 3. The molecule has 0 bridgehead atoms. The van der Waals surface area contributed by atoms with Crippen LogP contribution < -0.4 is 9.64 Å². The van der Waals surface area contributed by atoms with E-state index in [1.54, 1.807) is 6.07 Å². The molecule has 1 aliphatic rings. The van der Waals surface area contributed by atoms with Gasteiger partial charge in [-0.2, -0.15) is 4.31 Å². The third-order valence-electron chi connectivity index (χ3n) is 4.32. The van der Waals surface area contributed by atoms with Crippen molar-refractivity contribution >= 4 is 27.3 Å². The number of piperazine rings is 1. The predicted molar refractivity (Wildman–Crippen MR) is 101 cm³/mol. The van der Waals surface area contributed by atoms with Gasteiger partial charge in [-0.25, -0.2) is 17.2 Å². The first kappa shape index (κ1) is 19.9. The Morgan fingerprint density at radius 3 is 2.30 bits per heavy atom. The largest absolute Gasteiger partial charge is 0.492 e. The molecule has 3 rings (SSSR count). The molecule has 0 saturated carbocycles. The molecule has 2 aromatic rings. The van der Waals surface area contributed by atoms with E-state index in [0.717, 1.165) is 5.69 Å². The first-order chi connectivity index (χ1) is 12.8. The fraction of sp³-hybridized carbons (Fsp3) is 0.333. The van der Waals surface area contributed by atoms with Crippen LogP contribution in [0.4, 0.5) is 14.5 Å². The molecule has 2 aromatic carbocycles. The standard InChI is InChI=1S/C18H19ClF2N2O3S/c19-17-13-15(3-6-18(17)21)22-7-9-23(10-8-22)27(24,25)12-11-26-16-4-1-14(20)2-5-16/h1-6,13H,7-12H2. The average molecular weight is 417 g/mol. The minimum atomic E-state index is -3.46. The maximum atomic E-state index is 13.3. The van der Waals surface area contributed by atoms with Crippen LogP contribution in [0.3, 0.4) is 0 Å². The number of hydrogen-bond acceptors (Lipinski definition) is 4. The van der Waals surface area contributed by atoms with Crippen LogP contribution in [-0.4, -0.2) is 51.3 Å². The molecule has 0 aliphatic carbocycles. The van der Waals surface area contributed by atoms with Crippen LogP contribution in [-0.2, 0) is 10.0 Å². The van der Waals surface area contributed by atoms with E-state index in [1.165, 1.54) is 40.7 Å².